The van der Waals surface area contributed by atoms with Crippen LogP contribution in [0.15, 0.2) is 35.3 Å². The number of carbonyl (C=O) groups is 1. The molecule has 0 radical (unpaired) electrons. The van der Waals surface area contributed by atoms with E-state index in [0.717, 1.165) is 0 Å². The summed E-state index contributed by atoms with van der Waals surface area (Å²) in [5, 5.41) is 5.43. The molecule has 0 bridgehead atoms. The summed E-state index contributed by atoms with van der Waals surface area (Å²) in [5.74, 6) is -3.81. The van der Waals surface area contributed by atoms with Crippen molar-refractivity contribution in [2.24, 2.45) is 7.05 Å². The van der Waals surface area contributed by atoms with Crippen molar-refractivity contribution in [1.29, 1.82) is 0 Å². The lowest BCUT2D eigenvalue weighted by Crippen LogP contribution is -2.44. The van der Waals surface area contributed by atoms with E-state index in [1.165, 1.54) is 4.57 Å². The Bertz CT molecular complexity index is 991. The minimum Gasteiger partial charge on any atom is -0.328 e. The fourth-order valence-electron chi connectivity index (χ4n) is 4.20. The molecule has 0 aliphatic carbocycles. The molecule has 4 rings (SSSR count). The van der Waals surface area contributed by atoms with Crippen molar-refractivity contribution in [3.8, 4) is 0 Å². The standard InChI is InChI=1S/C19H22F2N4O2/c1-11-14(5-6-17(26)23-11)25-15-4-3-12(9-16(15)24(2)18(25)27)13-7-8-22-10-19(13,20)21/h3-4,9,13-14,22H,1,5-8,10H2,2H3,(H,23,26)/t13-,14?/m0/s1. The smallest absolute Gasteiger partial charge is 0.328 e. The third-order valence-corrected chi connectivity index (χ3v) is 5.65. The number of nitrogens with one attached hydrogen (secondary N) is 2. The SMILES string of the molecule is C=C1NC(=O)CCC1n1c(=O)n(C)c2cc([C@@H]3CCNCC3(F)F)ccc21. The van der Waals surface area contributed by atoms with Crippen LogP contribution in [-0.4, -0.2) is 34.1 Å². The van der Waals surface area contributed by atoms with E-state index < -0.39 is 11.8 Å². The van der Waals surface area contributed by atoms with E-state index in [-0.39, 0.29) is 24.2 Å². The second-order valence-corrected chi connectivity index (χ2v) is 7.37. The summed E-state index contributed by atoms with van der Waals surface area (Å²) in [4.78, 5) is 24.4. The van der Waals surface area contributed by atoms with Crippen molar-refractivity contribution in [3.63, 3.8) is 0 Å². The average molecular weight is 376 g/mol. The van der Waals surface area contributed by atoms with Crippen LogP contribution in [0.5, 0.6) is 0 Å². The molecule has 2 aliphatic heterocycles. The van der Waals surface area contributed by atoms with Gasteiger partial charge in [-0.2, -0.15) is 0 Å². The highest BCUT2D eigenvalue weighted by atomic mass is 19.3. The monoisotopic (exact) mass is 376 g/mol. The maximum Gasteiger partial charge on any atom is 0.329 e. The minimum absolute atomic E-state index is 0.111. The number of hydrogen-bond donors (Lipinski definition) is 2. The molecule has 27 heavy (non-hydrogen) atoms. The Balaban J connectivity index is 1.80. The van der Waals surface area contributed by atoms with Crippen molar-refractivity contribution < 1.29 is 13.6 Å². The molecule has 144 valence electrons. The van der Waals surface area contributed by atoms with Crippen LogP contribution in [0, 0.1) is 0 Å². The van der Waals surface area contributed by atoms with Gasteiger partial charge in [-0.15, -0.1) is 0 Å². The molecule has 6 nitrogen and oxygen atoms in total. The normalized spacial score (nSPS) is 25.6. The Morgan fingerprint density at radius 3 is 2.70 bits per heavy atom. The zero-order chi connectivity index (χ0) is 19.3. The number of imidazole rings is 1. The van der Waals surface area contributed by atoms with E-state index in [0.29, 0.717) is 48.1 Å². The second-order valence-electron chi connectivity index (χ2n) is 7.37. The van der Waals surface area contributed by atoms with Crippen molar-refractivity contribution in [1.82, 2.24) is 19.8 Å². The molecular formula is C19H22F2N4O2. The van der Waals surface area contributed by atoms with Crippen LogP contribution in [0.2, 0.25) is 0 Å². The number of carbonyl (C=O) groups excluding carboxylic acids is 1. The predicted molar refractivity (Wildman–Crippen MR) is 97.9 cm³/mol. The molecule has 1 unspecified atom stereocenters. The zero-order valence-corrected chi connectivity index (χ0v) is 15.1. The highest BCUT2D eigenvalue weighted by Gasteiger charge is 2.42. The Hall–Kier alpha value is -2.48. The van der Waals surface area contributed by atoms with Crippen molar-refractivity contribution in [2.45, 2.75) is 37.1 Å². The van der Waals surface area contributed by atoms with E-state index in [2.05, 4.69) is 17.2 Å². The number of halogens is 2. The molecule has 1 aromatic heterocycles. The lowest BCUT2D eigenvalue weighted by atomic mass is 9.87. The number of rotatable bonds is 2. The molecule has 2 fully saturated rings. The van der Waals surface area contributed by atoms with Gasteiger partial charge in [-0.1, -0.05) is 12.6 Å². The maximum absolute atomic E-state index is 14.3. The number of fused-ring (bicyclic) bond motifs is 1. The van der Waals surface area contributed by atoms with Crippen molar-refractivity contribution in [2.75, 3.05) is 13.1 Å². The highest BCUT2D eigenvalue weighted by Crippen LogP contribution is 2.39. The summed E-state index contributed by atoms with van der Waals surface area (Å²) < 4.78 is 31.7. The van der Waals surface area contributed by atoms with Crippen LogP contribution < -0.4 is 16.3 Å². The van der Waals surface area contributed by atoms with Gasteiger partial charge in [0, 0.05) is 19.2 Å². The lowest BCUT2D eigenvalue weighted by Gasteiger charge is -2.32. The molecule has 2 atom stereocenters. The summed E-state index contributed by atoms with van der Waals surface area (Å²) in [6, 6.07) is 4.77. The molecule has 2 N–H and O–H groups in total. The fourth-order valence-corrected chi connectivity index (χ4v) is 4.20. The van der Waals surface area contributed by atoms with Crippen LogP contribution in [0.3, 0.4) is 0 Å². The number of nitrogens with zero attached hydrogens (tertiary/aromatic N) is 2. The highest BCUT2D eigenvalue weighted by molar-refractivity contribution is 5.80. The Morgan fingerprint density at radius 1 is 1.22 bits per heavy atom. The third kappa shape index (κ3) is 2.88. The fraction of sp³-hybridized carbons (Fsp3) is 0.474. The van der Waals surface area contributed by atoms with Gasteiger partial charge in [0.25, 0.3) is 5.92 Å². The van der Waals surface area contributed by atoms with Gasteiger partial charge in [0.1, 0.15) is 0 Å². The molecule has 1 amide bonds. The molecule has 0 saturated carbocycles. The first kappa shape index (κ1) is 17.9. The molecule has 8 heteroatoms. The van der Waals surface area contributed by atoms with Gasteiger partial charge in [-0.05, 0) is 37.1 Å². The maximum atomic E-state index is 14.3. The molecular weight excluding hydrogens is 354 g/mol. The van der Waals surface area contributed by atoms with Gasteiger partial charge >= 0.3 is 5.69 Å². The van der Waals surface area contributed by atoms with Crippen LogP contribution in [0.25, 0.3) is 11.0 Å². The molecule has 1 aromatic carbocycles. The van der Waals surface area contributed by atoms with Crippen LogP contribution in [0.1, 0.15) is 36.8 Å². The summed E-state index contributed by atoms with van der Waals surface area (Å²) >= 11 is 0. The quantitative estimate of drug-likeness (QED) is 0.843. The van der Waals surface area contributed by atoms with Crippen LogP contribution >= 0.6 is 0 Å². The summed E-state index contributed by atoms with van der Waals surface area (Å²) in [6.07, 6.45) is 1.14. The summed E-state index contributed by atoms with van der Waals surface area (Å²) in [6.45, 7) is 4.09. The molecule has 3 heterocycles. The number of allylic oxidation sites excluding steroid dienone is 1. The van der Waals surface area contributed by atoms with Gasteiger partial charge in [-0.3, -0.25) is 13.9 Å². The molecule has 2 aromatic rings. The second kappa shape index (κ2) is 6.30. The predicted octanol–water partition coefficient (Wildman–Crippen LogP) is 2.02. The van der Waals surface area contributed by atoms with Crippen molar-refractivity contribution in [3.05, 3.63) is 46.5 Å². The van der Waals surface area contributed by atoms with E-state index in [1.54, 1.807) is 29.8 Å². The van der Waals surface area contributed by atoms with E-state index in [4.69, 9.17) is 0 Å². The molecule has 0 spiro atoms. The number of aromatic nitrogens is 2. The number of benzene rings is 1. The summed E-state index contributed by atoms with van der Waals surface area (Å²) in [7, 11) is 1.63. The van der Waals surface area contributed by atoms with E-state index >= 15 is 0 Å². The number of piperidine rings is 2. The number of amides is 1. The Kier molecular flexibility index (Phi) is 4.18. The first-order valence-corrected chi connectivity index (χ1v) is 9.07. The van der Waals surface area contributed by atoms with Gasteiger partial charge < -0.3 is 10.6 Å². The number of alkyl halides is 2. The number of hydrogen-bond acceptors (Lipinski definition) is 3. The van der Waals surface area contributed by atoms with Crippen LogP contribution in [0.4, 0.5) is 8.78 Å². The van der Waals surface area contributed by atoms with Crippen molar-refractivity contribution >= 4 is 16.9 Å². The van der Waals surface area contributed by atoms with Gasteiger partial charge in [0.15, 0.2) is 0 Å². The topological polar surface area (TPSA) is 68.1 Å². The Labute approximate surface area is 154 Å². The zero-order valence-electron chi connectivity index (χ0n) is 15.1. The Morgan fingerprint density at radius 2 is 2.00 bits per heavy atom. The first-order chi connectivity index (χ1) is 12.8. The largest absolute Gasteiger partial charge is 0.329 e. The third-order valence-electron chi connectivity index (χ3n) is 5.65. The molecule has 2 saturated heterocycles. The summed E-state index contributed by atoms with van der Waals surface area (Å²) in [5.41, 5.74) is 2.04. The van der Waals surface area contributed by atoms with Crippen LogP contribution in [-0.2, 0) is 11.8 Å². The van der Waals surface area contributed by atoms with E-state index in [1.807, 2.05) is 0 Å². The minimum atomic E-state index is -2.82. The number of aryl methyl sites for hydroxylation is 1. The lowest BCUT2D eigenvalue weighted by molar-refractivity contribution is -0.121. The van der Waals surface area contributed by atoms with E-state index in [9.17, 15) is 18.4 Å². The van der Waals surface area contributed by atoms with Gasteiger partial charge in [-0.25, -0.2) is 13.6 Å². The average Bonchev–Trinajstić information content (AvgIpc) is 2.86. The van der Waals surface area contributed by atoms with Gasteiger partial charge in [0.2, 0.25) is 5.91 Å². The van der Waals surface area contributed by atoms with Gasteiger partial charge in [0.05, 0.1) is 29.5 Å². The first-order valence-electron chi connectivity index (χ1n) is 9.07. The molecule has 2 aliphatic rings.